The average molecular weight is 356 g/mol. The first-order chi connectivity index (χ1) is 12.6. The van der Waals surface area contributed by atoms with Gasteiger partial charge in [-0.3, -0.25) is 9.89 Å². The van der Waals surface area contributed by atoms with E-state index >= 15 is 0 Å². The molecular formula is C19H18F2N4O. The van der Waals surface area contributed by atoms with E-state index in [9.17, 15) is 13.6 Å². The molecule has 1 atom stereocenters. The van der Waals surface area contributed by atoms with Crippen molar-refractivity contribution < 1.29 is 13.6 Å². The van der Waals surface area contributed by atoms with E-state index in [4.69, 9.17) is 0 Å². The summed E-state index contributed by atoms with van der Waals surface area (Å²) in [6.45, 7) is 1.12. The van der Waals surface area contributed by atoms with Gasteiger partial charge in [0.05, 0.1) is 5.69 Å². The predicted molar refractivity (Wildman–Crippen MR) is 92.6 cm³/mol. The summed E-state index contributed by atoms with van der Waals surface area (Å²) in [7, 11) is 0. The van der Waals surface area contributed by atoms with Crippen molar-refractivity contribution in [2.24, 2.45) is 0 Å². The minimum atomic E-state index is -1.01. The van der Waals surface area contributed by atoms with E-state index in [1.807, 2.05) is 24.4 Å². The number of nitrogens with zero attached hydrogens (tertiary/aromatic N) is 2. The Hall–Kier alpha value is -2.96. The third-order valence-electron chi connectivity index (χ3n) is 4.79. The molecule has 1 aliphatic heterocycles. The molecule has 0 saturated carbocycles. The smallest absolute Gasteiger partial charge is 0.253 e. The maximum atomic E-state index is 13.4. The first-order valence-electron chi connectivity index (χ1n) is 8.55. The number of amides is 1. The summed E-state index contributed by atoms with van der Waals surface area (Å²) in [5, 5.41) is 7.39. The standard InChI is InChI=1S/C19H18F2N4O/c20-14-6-5-12(9-15(14)21)19(26)25-8-2-3-13(11-25)17-10-18(24-23-17)16-4-1-7-22-16/h1,4-7,9-10,13,22H,2-3,8,11H2,(H,23,24)/t13-/m0/s1. The summed E-state index contributed by atoms with van der Waals surface area (Å²) < 4.78 is 26.5. The molecular weight excluding hydrogens is 338 g/mol. The number of aromatic nitrogens is 3. The number of aromatic amines is 2. The molecule has 1 aliphatic rings. The topological polar surface area (TPSA) is 64.8 Å². The Kier molecular flexibility index (Phi) is 4.28. The van der Waals surface area contributed by atoms with Crippen molar-refractivity contribution in [3.05, 3.63) is 65.5 Å². The van der Waals surface area contributed by atoms with Crippen LogP contribution in [-0.4, -0.2) is 39.1 Å². The zero-order chi connectivity index (χ0) is 18.1. The maximum Gasteiger partial charge on any atom is 0.253 e. The fourth-order valence-corrected chi connectivity index (χ4v) is 3.40. The van der Waals surface area contributed by atoms with Crippen LogP contribution in [0, 0.1) is 11.6 Å². The number of hydrogen-bond acceptors (Lipinski definition) is 2. The van der Waals surface area contributed by atoms with Crippen LogP contribution in [0.2, 0.25) is 0 Å². The van der Waals surface area contributed by atoms with E-state index in [1.54, 1.807) is 4.90 Å². The van der Waals surface area contributed by atoms with E-state index in [-0.39, 0.29) is 17.4 Å². The molecule has 0 radical (unpaired) electrons. The molecule has 0 aliphatic carbocycles. The number of carbonyl (C=O) groups is 1. The van der Waals surface area contributed by atoms with Gasteiger partial charge in [0.1, 0.15) is 5.69 Å². The van der Waals surface area contributed by atoms with Crippen molar-refractivity contribution in [3.63, 3.8) is 0 Å². The largest absolute Gasteiger partial charge is 0.360 e. The number of likely N-dealkylation sites (tertiary alicyclic amines) is 1. The van der Waals surface area contributed by atoms with Crippen LogP contribution in [0.5, 0.6) is 0 Å². The van der Waals surface area contributed by atoms with E-state index in [1.165, 1.54) is 6.07 Å². The highest BCUT2D eigenvalue weighted by molar-refractivity contribution is 5.94. The quantitative estimate of drug-likeness (QED) is 0.751. The number of halogens is 2. The van der Waals surface area contributed by atoms with Crippen molar-refractivity contribution in [3.8, 4) is 11.4 Å². The highest BCUT2D eigenvalue weighted by Crippen LogP contribution is 2.29. The van der Waals surface area contributed by atoms with Gasteiger partial charge in [-0.1, -0.05) is 0 Å². The van der Waals surface area contributed by atoms with Crippen LogP contribution in [-0.2, 0) is 0 Å². The lowest BCUT2D eigenvalue weighted by Crippen LogP contribution is -2.39. The normalized spacial score (nSPS) is 17.5. The Labute approximate surface area is 149 Å². The second-order valence-corrected chi connectivity index (χ2v) is 6.51. The van der Waals surface area contributed by atoms with Crippen molar-refractivity contribution >= 4 is 5.91 Å². The van der Waals surface area contributed by atoms with Crippen molar-refractivity contribution in [1.82, 2.24) is 20.1 Å². The zero-order valence-corrected chi connectivity index (χ0v) is 14.0. The van der Waals surface area contributed by atoms with Crippen molar-refractivity contribution in [2.75, 3.05) is 13.1 Å². The Bertz CT molecular complexity index is 920. The molecule has 3 aromatic rings. The molecule has 2 N–H and O–H groups in total. The monoisotopic (exact) mass is 356 g/mol. The molecule has 1 amide bonds. The highest BCUT2D eigenvalue weighted by atomic mass is 19.2. The third kappa shape index (κ3) is 3.12. The highest BCUT2D eigenvalue weighted by Gasteiger charge is 2.27. The Morgan fingerprint density at radius 3 is 2.85 bits per heavy atom. The van der Waals surface area contributed by atoms with Gasteiger partial charge in [0.2, 0.25) is 0 Å². The van der Waals surface area contributed by atoms with Crippen LogP contribution < -0.4 is 0 Å². The third-order valence-corrected chi connectivity index (χ3v) is 4.79. The number of hydrogen-bond donors (Lipinski definition) is 2. The van der Waals surface area contributed by atoms with Crippen LogP contribution in [0.4, 0.5) is 8.78 Å². The fraction of sp³-hybridized carbons (Fsp3) is 0.263. The molecule has 0 unspecified atom stereocenters. The maximum absolute atomic E-state index is 13.4. The number of rotatable bonds is 3. The summed E-state index contributed by atoms with van der Waals surface area (Å²) >= 11 is 0. The Balaban J connectivity index is 1.50. The number of carbonyl (C=O) groups excluding carboxylic acids is 1. The molecule has 2 aromatic heterocycles. The van der Waals surface area contributed by atoms with Crippen molar-refractivity contribution in [2.45, 2.75) is 18.8 Å². The molecule has 5 nitrogen and oxygen atoms in total. The molecule has 134 valence electrons. The van der Waals surface area contributed by atoms with Gasteiger partial charge >= 0.3 is 0 Å². The van der Waals surface area contributed by atoms with E-state index < -0.39 is 11.6 Å². The second-order valence-electron chi connectivity index (χ2n) is 6.51. The minimum Gasteiger partial charge on any atom is -0.360 e. The average Bonchev–Trinajstić information content (AvgIpc) is 3.35. The van der Waals surface area contributed by atoms with Gasteiger partial charge in [0, 0.05) is 36.5 Å². The van der Waals surface area contributed by atoms with Gasteiger partial charge in [0.15, 0.2) is 11.6 Å². The van der Waals surface area contributed by atoms with E-state index in [0.29, 0.717) is 13.1 Å². The molecule has 0 spiro atoms. The van der Waals surface area contributed by atoms with Crippen LogP contribution >= 0.6 is 0 Å². The summed E-state index contributed by atoms with van der Waals surface area (Å²) in [5.41, 5.74) is 2.89. The number of piperidine rings is 1. The van der Waals surface area contributed by atoms with Gasteiger partial charge in [-0.15, -0.1) is 0 Å². The molecule has 3 heterocycles. The van der Waals surface area contributed by atoms with Crippen LogP contribution in [0.1, 0.15) is 34.8 Å². The second kappa shape index (κ2) is 6.74. The Morgan fingerprint density at radius 2 is 2.08 bits per heavy atom. The lowest BCUT2D eigenvalue weighted by atomic mass is 9.94. The van der Waals surface area contributed by atoms with Gasteiger partial charge in [-0.2, -0.15) is 5.10 Å². The van der Waals surface area contributed by atoms with E-state index in [0.717, 1.165) is 42.1 Å². The first kappa shape index (κ1) is 16.5. The summed E-state index contributed by atoms with van der Waals surface area (Å²) in [4.78, 5) is 17.4. The van der Waals surface area contributed by atoms with Gasteiger partial charge in [0.25, 0.3) is 5.91 Å². The minimum absolute atomic E-state index is 0.134. The van der Waals surface area contributed by atoms with E-state index in [2.05, 4.69) is 15.2 Å². The number of H-pyrrole nitrogens is 2. The Morgan fingerprint density at radius 1 is 1.19 bits per heavy atom. The zero-order valence-electron chi connectivity index (χ0n) is 14.0. The molecule has 1 fully saturated rings. The molecule has 7 heteroatoms. The summed E-state index contributed by atoms with van der Waals surface area (Å²) in [6, 6.07) is 9.11. The molecule has 1 aromatic carbocycles. The van der Waals surface area contributed by atoms with Gasteiger partial charge in [-0.25, -0.2) is 8.78 Å². The van der Waals surface area contributed by atoms with Gasteiger partial charge < -0.3 is 9.88 Å². The molecule has 26 heavy (non-hydrogen) atoms. The lowest BCUT2D eigenvalue weighted by molar-refractivity contribution is 0.0705. The number of nitrogens with one attached hydrogen (secondary N) is 2. The molecule has 4 rings (SSSR count). The predicted octanol–water partition coefficient (Wildman–Crippen LogP) is 3.70. The number of benzene rings is 1. The first-order valence-corrected chi connectivity index (χ1v) is 8.55. The van der Waals surface area contributed by atoms with Crippen LogP contribution in [0.3, 0.4) is 0 Å². The summed E-state index contributed by atoms with van der Waals surface area (Å²) in [6.07, 6.45) is 3.62. The van der Waals surface area contributed by atoms with Crippen LogP contribution in [0.25, 0.3) is 11.4 Å². The van der Waals surface area contributed by atoms with Crippen LogP contribution in [0.15, 0.2) is 42.6 Å². The fourth-order valence-electron chi connectivity index (χ4n) is 3.40. The van der Waals surface area contributed by atoms with Crippen molar-refractivity contribution in [1.29, 1.82) is 0 Å². The molecule has 1 saturated heterocycles. The summed E-state index contributed by atoms with van der Waals surface area (Å²) in [5.74, 6) is -2.10. The molecule has 0 bridgehead atoms. The SMILES string of the molecule is O=C(c1ccc(F)c(F)c1)N1CCC[C@H](c2cc(-c3ccc[nH]3)n[nH]2)C1. The van der Waals surface area contributed by atoms with Gasteiger partial charge in [-0.05, 0) is 49.2 Å². The lowest BCUT2D eigenvalue weighted by Gasteiger charge is -2.32.